The molecule has 2 aliphatic rings. The minimum absolute atomic E-state index is 0. The van der Waals surface area contributed by atoms with Crippen LogP contribution in [0, 0.1) is 17.8 Å². The molecule has 0 spiro atoms. The van der Waals surface area contributed by atoms with E-state index >= 15 is 0 Å². The predicted molar refractivity (Wildman–Crippen MR) is 69.4 cm³/mol. The summed E-state index contributed by atoms with van der Waals surface area (Å²) in [5.41, 5.74) is 0. The van der Waals surface area contributed by atoms with Gasteiger partial charge < -0.3 is 25.3 Å². The van der Waals surface area contributed by atoms with Crippen LogP contribution in [-0.4, -0.2) is 48.6 Å². The minimum Gasteiger partial charge on any atom is -0.361 e. The van der Waals surface area contributed by atoms with Crippen LogP contribution in [0.1, 0.15) is 20.3 Å². The molecule has 5 unspecified atom stereocenters. The van der Waals surface area contributed by atoms with Crippen molar-refractivity contribution in [1.29, 1.82) is 5.26 Å². The summed E-state index contributed by atoms with van der Waals surface area (Å²) < 4.78 is 16.9. The summed E-state index contributed by atoms with van der Waals surface area (Å²) in [7, 11) is 4.25. The molecule has 0 bridgehead atoms. The van der Waals surface area contributed by atoms with Crippen molar-refractivity contribution in [2.24, 2.45) is 0 Å². The Morgan fingerprint density at radius 3 is 2.68 bits per heavy atom. The topological polar surface area (TPSA) is 54.7 Å². The first-order valence-corrected chi connectivity index (χ1v) is 6.58. The summed E-state index contributed by atoms with van der Waals surface area (Å²) in [6.45, 7) is 4.31. The van der Waals surface area contributed by atoms with E-state index in [1.54, 1.807) is 0 Å². The molecule has 0 aromatic rings. The average Bonchev–Trinajstić information content (AvgIpc) is 2.85. The van der Waals surface area contributed by atoms with Crippen LogP contribution in [0.2, 0.25) is 0 Å². The first kappa shape index (κ1) is 17.9. The summed E-state index contributed by atoms with van der Waals surface area (Å²) in [4.78, 5) is 2.03. The van der Waals surface area contributed by atoms with Gasteiger partial charge >= 0.3 is 0 Å². The van der Waals surface area contributed by atoms with E-state index in [2.05, 4.69) is 22.0 Å². The van der Waals surface area contributed by atoms with Gasteiger partial charge in [-0.2, -0.15) is 5.26 Å². The number of likely N-dealkylation sites (N-methyl/N-ethyl adjacent to an activating group) is 1. The van der Waals surface area contributed by atoms with Crippen molar-refractivity contribution in [2.75, 3.05) is 13.7 Å². The quantitative estimate of drug-likeness (QED) is 0.559. The summed E-state index contributed by atoms with van der Waals surface area (Å²) in [5, 5.41) is 9.04. The van der Waals surface area contributed by atoms with Crippen LogP contribution in [0.25, 0.3) is 0 Å². The van der Waals surface area contributed by atoms with Crippen molar-refractivity contribution in [3.8, 4) is 6.07 Å². The standard InChI is InChI=1S/C12H20N2O3P.Y/c1-12(2)15-7-10(16-12)11(17-18)9-5-4-8(6-13)14(9)3;/h5,8-11H,4,7,18H2,1-3H3;/q-1;/i17-2;. The molecule has 2 heterocycles. The van der Waals surface area contributed by atoms with E-state index in [4.69, 9.17) is 19.3 Å². The molecule has 2 fully saturated rings. The van der Waals surface area contributed by atoms with Crippen molar-refractivity contribution in [2.45, 2.75) is 50.3 Å². The van der Waals surface area contributed by atoms with Gasteiger partial charge in [0, 0.05) is 42.2 Å². The van der Waals surface area contributed by atoms with E-state index in [1.807, 2.05) is 25.8 Å². The Kier molecular flexibility index (Phi) is 6.81. The summed E-state index contributed by atoms with van der Waals surface area (Å²) >= 11 is 0. The molecule has 5 nitrogen and oxygen atoms in total. The number of likely N-dealkylation sites (tertiary alicyclic amines) is 1. The Labute approximate surface area is 142 Å². The molecule has 0 amide bonds. The molecule has 2 aliphatic heterocycles. The number of rotatable bonds is 3. The largest absolute Gasteiger partial charge is 0.361 e. The second-order valence-electron chi connectivity index (χ2n) is 5.24. The van der Waals surface area contributed by atoms with Crippen LogP contribution >= 0.6 is 9.47 Å². The van der Waals surface area contributed by atoms with Crippen molar-refractivity contribution < 1.29 is 46.7 Å². The number of hydrogen-bond donors (Lipinski definition) is 0. The second kappa shape index (κ2) is 7.23. The molecular weight excluding hydrogens is 338 g/mol. The molecule has 1 radical (unpaired) electrons. The van der Waals surface area contributed by atoms with E-state index in [-0.39, 0.29) is 57.0 Å². The van der Waals surface area contributed by atoms with E-state index < -0.39 is 5.79 Å². The van der Waals surface area contributed by atoms with Crippen molar-refractivity contribution in [3.05, 3.63) is 6.42 Å². The maximum atomic E-state index is 9.04. The normalized spacial score (nSPS) is 35.6. The first-order valence-electron chi connectivity index (χ1n) is 6.10. The van der Waals surface area contributed by atoms with Gasteiger partial charge in [0.1, 0.15) is 6.10 Å². The molecule has 5 atom stereocenters. The molecule has 19 heavy (non-hydrogen) atoms. The number of nitriles is 1. The van der Waals surface area contributed by atoms with Crippen LogP contribution in [-0.2, 0) is 46.7 Å². The third-order valence-corrected chi connectivity index (χ3v) is 3.92. The second-order valence-corrected chi connectivity index (χ2v) is 5.51. The molecule has 2 saturated heterocycles. The summed E-state index contributed by atoms with van der Waals surface area (Å²) in [5.74, 6) is -0.558. The number of nitrogens with zero attached hydrogens (tertiary/aromatic N) is 2. The monoisotopic (exact) mass is 358 g/mol. The third-order valence-electron chi connectivity index (χ3n) is 3.60. The predicted octanol–water partition coefficient (Wildman–Crippen LogP) is 1.11. The summed E-state index contributed by atoms with van der Waals surface area (Å²) in [6, 6.07) is 2.29. The van der Waals surface area contributed by atoms with Gasteiger partial charge in [-0.1, -0.05) is 6.04 Å². The van der Waals surface area contributed by atoms with E-state index in [1.165, 1.54) is 0 Å². The molecular formula is C12H20N2O3PY-. The smallest absolute Gasteiger partial charge is 0.163 e. The Balaban J connectivity index is 0.00000180. The molecule has 7 heteroatoms. The molecule has 0 saturated carbocycles. The number of ether oxygens (including phenoxy) is 2. The number of hydrogen-bond acceptors (Lipinski definition) is 5. The molecule has 105 valence electrons. The zero-order valence-corrected chi connectivity index (χ0v) is 15.6. The molecule has 0 aromatic heterocycles. The van der Waals surface area contributed by atoms with Crippen LogP contribution in [0.4, 0.5) is 0 Å². The molecule has 0 N–H and O–H groups in total. The zero-order valence-electron chi connectivity index (χ0n) is 11.6. The molecule has 0 aliphatic carbocycles. The van der Waals surface area contributed by atoms with Crippen molar-refractivity contribution >= 4 is 9.47 Å². The third kappa shape index (κ3) is 3.95. The summed E-state index contributed by atoms with van der Waals surface area (Å²) in [6.07, 6.45) is 2.63. The average molecular weight is 358 g/mol. The van der Waals surface area contributed by atoms with Gasteiger partial charge in [-0.3, -0.25) is 0 Å². The van der Waals surface area contributed by atoms with Gasteiger partial charge in [-0.15, -0.1) is 6.42 Å². The maximum absolute atomic E-state index is 9.04. The fourth-order valence-corrected chi connectivity index (χ4v) is 2.92. The van der Waals surface area contributed by atoms with Crippen LogP contribution in [0.15, 0.2) is 0 Å². The van der Waals surface area contributed by atoms with Crippen LogP contribution in [0.3, 0.4) is 0 Å². The van der Waals surface area contributed by atoms with E-state index in [0.717, 1.165) is 6.42 Å². The van der Waals surface area contributed by atoms with Crippen LogP contribution < -0.4 is 0 Å². The Morgan fingerprint density at radius 1 is 1.58 bits per heavy atom. The first-order chi connectivity index (χ1) is 8.48. The van der Waals surface area contributed by atoms with Gasteiger partial charge in [0.05, 0.1) is 24.8 Å². The van der Waals surface area contributed by atoms with Crippen LogP contribution in [0.5, 0.6) is 0 Å². The Bertz CT molecular complexity index is 350. The Hall–Kier alpha value is 0.864. The van der Waals surface area contributed by atoms with Gasteiger partial charge in [-0.05, 0) is 20.9 Å². The minimum atomic E-state index is -0.558. The van der Waals surface area contributed by atoms with Crippen molar-refractivity contribution in [1.82, 2.24) is 4.90 Å². The van der Waals surface area contributed by atoms with Gasteiger partial charge in [0.2, 0.25) is 0 Å². The van der Waals surface area contributed by atoms with Crippen molar-refractivity contribution in [3.63, 3.8) is 0 Å². The van der Waals surface area contributed by atoms with Gasteiger partial charge in [0.15, 0.2) is 5.79 Å². The van der Waals surface area contributed by atoms with Gasteiger partial charge in [-0.25, -0.2) is 0 Å². The van der Waals surface area contributed by atoms with E-state index in [0.29, 0.717) is 6.61 Å². The maximum Gasteiger partial charge on any atom is 0.163 e. The Morgan fingerprint density at radius 2 is 2.26 bits per heavy atom. The fourth-order valence-electron chi connectivity index (χ4n) is 2.58. The fraction of sp³-hybridized carbons (Fsp3) is 0.833. The molecule has 2 rings (SSSR count). The SMILES string of the molecule is CN1C(C#N)C[CH-]C1C([14O]P)C1COC(C)(C)O1.[Y]. The van der Waals surface area contributed by atoms with E-state index in [9.17, 15) is 0 Å². The zero-order chi connectivity index (χ0) is 13.3. The van der Waals surface area contributed by atoms with Gasteiger partial charge in [0.25, 0.3) is 0 Å². The molecule has 0 aromatic carbocycles.